The molecule has 1 aliphatic rings. The summed E-state index contributed by atoms with van der Waals surface area (Å²) in [5.74, 6) is -0.0383. The van der Waals surface area contributed by atoms with E-state index in [9.17, 15) is 13.5 Å². The van der Waals surface area contributed by atoms with Gasteiger partial charge in [-0.15, -0.1) is 0 Å². The first-order valence-electron chi connectivity index (χ1n) is 5.05. The van der Waals surface area contributed by atoms with Crippen molar-refractivity contribution in [1.82, 2.24) is 0 Å². The Kier molecular flexibility index (Phi) is 2.77. The highest BCUT2D eigenvalue weighted by Gasteiger charge is 2.33. The van der Waals surface area contributed by atoms with Crippen molar-refractivity contribution in [2.45, 2.75) is 31.3 Å². The lowest BCUT2D eigenvalue weighted by molar-refractivity contribution is 0.167. The molecule has 1 aromatic carbocycles. The van der Waals surface area contributed by atoms with Crippen molar-refractivity contribution >= 4 is 21.4 Å². The molecule has 0 radical (unpaired) electrons. The number of hydrogen-bond donors (Lipinski definition) is 1. The Labute approximate surface area is 100.0 Å². The Morgan fingerprint density at radius 2 is 2.06 bits per heavy atom. The van der Waals surface area contributed by atoms with E-state index in [1.165, 1.54) is 0 Å². The maximum Gasteiger partial charge on any atom is 0.180 e. The van der Waals surface area contributed by atoms with E-state index in [1.807, 2.05) is 13.8 Å². The second-order valence-corrected chi connectivity index (χ2v) is 6.62. The van der Waals surface area contributed by atoms with Gasteiger partial charge in [0.2, 0.25) is 0 Å². The van der Waals surface area contributed by atoms with E-state index in [1.54, 1.807) is 6.07 Å². The van der Waals surface area contributed by atoms with Crippen molar-refractivity contribution in [1.29, 1.82) is 0 Å². The highest BCUT2D eigenvalue weighted by molar-refractivity contribution is 7.91. The molecule has 0 aromatic heterocycles. The second kappa shape index (κ2) is 3.72. The van der Waals surface area contributed by atoms with Gasteiger partial charge in [0.15, 0.2) is 9.84 Å². The molecule has 0 amide bonds. The van der Waals surface area contributed by atoms with E-state index in [2.05, 4.69) is 0 Å². The van der Waals surface area contributed by atoms with Gasteiger partial charge in [0.1, 0.15) is 0 Å². The number of fused-ring (bicyclic) bond motifs is 1. The number of rotatable bonds is 0. The molecular formula is C11H13ClO3S. The summed E-state index contributed by atoms with van der Waals surface area (Å²) in [7, 11) is -3.34. The first kappa shape index (κ1) is 11.9. The Hall–Kier alpha value is -0.580. The summed E-state index contributed by atoms with van der Waals surface area (Å²) in [5, 5.41) is 10.1. The van der Waals surface area contributed by atoms with Crippen LogP contribution in [0.1, 0.15) is 29.2 Å². The molecule has 16 heavy (non-hydrogen) atoms. The van der Waals surface area contributed by atoms with Crippen LogP contribution in [-0.2, 0) is 9.84 Å². The van der Waals surface area contributed by atoms with E-state index in [4.69, 9.17) is 11.6 Å². The number of aliphatic hydroxyl groups excluding tert-OH is 1. The zero-order valence-electron chi connectivity index (χ0n) is 9.12. The van der Waals surface area contributed by atoms with E-state index in [0.717, 1.165) is 11.1 Å². The molecule has 0 bridgehead atoms. The Morgan fingerprint density at radius 3 is 2.69 bits per heavy atom. The molecule has 88 valence electrons. The Morgan fingerprint density at radius 1 is 1.44 bits per heavy atom. The zero-order valence-corrected chi connectivity index (χ0v) is 10.7. The summed E-state index contributed by atoms with van der Waals surface area (Å²) >= 11 is 5.98. The van der Waals surface area contributed by atoms with Crippen LogP contribution in [0.4, 0.5) is 0 Å². The lowest BCUT2D eigenvalue weighted by atomic mass is 9.97. The molecule has 0 saturated carbocycles. The van der Waals surface area contributed by atoms with E-state index in [-0.39, 0.29) is 22.1 Å². The molecule has 1 aliphatic heterocycles. The number of benzene rings is 1. The van der Waals surface area contributed by atoms with Gasteiger partial charge in [0.25, 0.3) is 0 Å². The molecule has 2 rings (SSSR count). The summed E-state index contributed by atoms with van der Waals surface area (Å²) in [5.41, 5.74) is 2.20. The van der Waals surface area contributed by atoms with Crippen molar-refractivity contribution in [3.8, 4) is 0 Å². The summed E-state index contributed by atoms with van der Waals surface area (Å²) < 4.78 is 23.8. The van der Waals surface area contributed by atoms with Gasteiger partial charge in [-0.3, -0.25) is 0 Å². The summed E-state index contributed by atoms with van der Waals surface area (Å²) in [4.78, 5) is 0.121. The third kappa shape index (κ3) is 1.65. The lowest BCUT2D eigenvalue weighted by Crippen LogP contribution is -2.22. The van der Waals surface area contributed by atoms with E-state index < -0.39 is 15.9 Å². The lowest BCUT2D eigenvalue weighted by Gasteiger charge is -2.25. The molecule has 5 heteroatoms. The highest BCUT2D eigenvalue weighted by Crippen LogP contribution is 2.39. The third-order valence-corrected chi connectivity index (χ3v) is 5.35. The SMILES string of the molecule is Cc1cc(Cl)c2c(c1C)C(O)CCS2(=O)=O. The molecule has 0 spiro atoms. The first-order chi connectivity index (χ1) is 7.34. The molecule has 1 atom stereocenters. The van der Waals surface area contributed by atoms with Crippen LogP contribution in [0, 0.1) is 13.8 Å². The minimum atomic E-state index is -3.34. The fourth-order valence-corrected chi connectivity index (χ4v) is 4.44. The molecule has 1 aromatic rings. The molecule has 1 unspecified atom stereocenters. The summed E-state index contributed by atoms with van der Waals surface area (Å²) in [6.07, 6.45) is -0.480. The van der Waals surface area contributed by atoms with Crippen molar-refractivity contribution < 1.29 is 13.5 Å². The van der Waals surface area contributed by atoms with Gasteiger partial charge in [-0.1, -0.05) is 11.6 Å². The highest BCUT2D eigenvalue weighted by atomic mass is 35.5. The van der Waals surface area contributed by atoms with Gasteiger partial charge in [0, 0.05) is 5.56 Å². The quantitative estimate of drug-likeness (QED) is 0.778. The minimum absolute atomic E-state index is 0.0383. The van der Waals surface area contributed by atoms with Crippen LogP contribution in [0.3, 0.4) is 0 Å². The van der Waals surface area contributed by atoms with Crippen LogP contribution in [0.15, 0.2) is 11.0 Å². The van der Waals surface area contributed by atoms with Crippen LogP contribution < -0.4 is 0 Å². The minimum Gasteiger partial charge on any atom is -0.388 e. The zero-order chi connectivity index (χ0) is 12.1. The monoisotopic (exact) mass is 260 g/mol. The topological polar surface area (TPSA) is 54.4 Å². The normalized spacial score (nSPS) is 22.9. The van der Waals surface area contributed by atoms with Crippen LogP contribution in [0.2, 0.25) is 5.02 Å². The van der Waals surface area contributed by atoms with Gasteiger partial charge in [0.05, 0.1) is 21.8 Å². The van der Waals surface area contributed by atoms with Crippen molar-refractivity contribution in [3.63, 3.8) is 0 Å². The average Bonchev–Trinajstić information content (AvgIpc) is 2.18. The largest absolute Gasteiger partial charge is 0.388 e. The molecule has 0 saturated heterocycles. The van der Waals surface area contributed by atoms with Crippen LogP contribution in [-0.4, -0.2) is 19.3 Å². The van der Waals surface area contributed by atoms with Crippen molar-refractivity contribution in [2.24, 2.45) is 0 Å². The predicted octanol–water partition coefficient (Wildman–Crippen LogP) is 2.17. The summed E-state index contributed by atoms with van der Waals surface area (Å²) in [6, 6.07) is 1.64. The first-order valence-corrected chi connectivity index (χ1v) is 7.08. The van der Waals surface area contributed by atoms with Gasteiger partial charge < -0.3 is 5.11 Å². The van der Waals surface area contributed by atoms with Gasteiger partial charge in [-0.2, -0.15) is 0 Å². The Bertz CT molecular complexity index is 549. The molecule has 1 heterocycles. The van der Waals surface area contributed by atoms with E-state index in [0.29, 0.717) is 5.56 Å². The number of sulfone groups is 1. The van der Waals surface area contributed by atoms with Gasteiger partial charge >= 0.3 is 0 Å². The number of hydrogen-bond acceptors (Lipinski definition) is 3. The second-order valence-electron chi connectivity index (χ2n) is 4.17. The molecule has 0 aliphatic carbocycles. The van der Waals surface area contributed by atoms with Gasteiger partial charge in [-0.25, -0.2) is 8.42 Å². The maximum absolute atomic E-state index is 11.9. The number of halogens is 1. The Balaban J connectivity index is 2.88. The average molecular weight is 261 g/mol. The van der Waals surface area contributed by atoms with Crippen LogP contribution in [0.25, 0.3) is 0 Å². The number of aryl methyl sites for hydroxylation is 1. The van der Waals surface area contributed by atoms with Crippen molar-refractivity contribution in [2.75, 3.05) is 5.75 Å². The standard InChI is InChI=1S/C11H13ClO3S/c1-6-5-8(12)11-10(7(6)2)9(13)3-4-16(11,14)15/h5,9,13H,3-4H2,1-2H3. The summed E-state index contributed by atoms with van der Waals surface area (Å²) in [6.45, 7) is 3.67. The van der Waals surface area contributed by atoms with Crippen LogP contribution in [0.5, 0.6) is 0 Å². The maximum atomic E-state index is 11.9. The molecule has 3 nitrogen and oxygen atoms in total. The predicted molar refractivity (Wildman–Crippen MR) is 62.6 cm³/mol. The smallest absolute Gasteiger partial charge is 0.180 e. The molecule has 0 fully saturated rings. The van der Waals surface area contributed by atoms with E-state index >= 15 is 0 Å². The number of aliphatic hydroxyl groups is 1. The fourth-order valence-electron chi connectivity index (χ4n) is 2.11. The van der Waals surface area contributed by atoms with Gasteiger partial charge in [-0.05, 0) is 37.5 Å². The van der Waals surface area contributed by atoms with Crippen molar-refractivity contribution in [3.05, 3.63) is 27.8 Å². The molecular weight excluding hydrogens is 248 g/mol. The van der Waals surface area contributed by atoms with Crippen LogP contribution >= 0.6 is 11.6 Å². The third-order valence-electron chi connectivity index (χ3n) is 3.10. The molecule has 1 N–H and O–H groups in total. The fraction of sp³-hybridized carbons (Fsp3) is 0.455.